The SMILES string of the molecule is Cc1ccc(Nc2nc3ccccc3cc2C#N)c(Cl)c1. The molecule has 0 atom stereocenters. The Morgan fingerprint density at radius 3 is 2.71 bits per heavy atom. The zero-order valence-corrected chi connectivity index (χ0v) is 12.1. The molecule has 0 radical (unpaired) electrons. The summed E-state index contributed by atoms with van der Waals surface area (Å²) in [6, 6.07) is 17.4. The number of anilines is 2. The highest BCUT2D eigenvalue weighted by Crippen LogP contribution is 2.28. The first kappa shape index (κ1) is 13.4. The summed E-state index contributed by atoms with van der Waals surface area (Å²) in [5.74, 6) is 0.516. The highest BCUT2D eigenvalue weighted by atomic mass is 35.5. The van der Waals surface area contributed by atoms with Crippen molar-refractivity contribution in [3.05, 3.63) is 64.7 Å². The fourth-order valence-corrected chi connectivity index (χ4v) is 2.43. The number of benzene rings is 2. The Labute approximate surface area is 127 Å². The van der Waals surface area contributed by atoms with E-state index in [-0.39, 0.29) is 0 Å². The molecule has 0 aliphatic carbocycles. The lowest BCUT2D eigenvalue weighted by atomic mass is 10.1. The molecule has 102 valence electrons. The summed E-state index contributed by atoms with van der Waals surface area (Å²) in [5, 5.41) is 14.0. The van der Waals surface area contributed by atoms with Gasteiger partial charge in [0.2, 0.25) is 0 Å². The molecule has 3 aromatic rings. The van der Waals surface area contributed by atoms with Crippen LogP contribution in [0.1, 0.15) is 11.1 Å². The van der Waals surface area contributed by atoms with E-state index in [0.717, 1.165) is 22.2 Å². The van der Waals surface area contributed by atoms with E-state index in [0.29, 0.717) is 16.4 Å². The Bertz CT molecular complexity index is 866. The zero-order chi connectivity index (χ0) is 14.8. The van der Waals surface area contributed by atoms with Crippen molar-refractivity contribution in [3.8, 4) is 6.07 Å². The minimum atomic E-state index is 0.491. The van der Waals surface area contributed by atoms with Crippen molar-refractivity contribution in [3.63, 3.8) is 0 Å². The number of nitrogens with zero attached hydrogens (tertiary/aromatic N) is 2. The van der Waals surface area contributed by atoms with Gasteiger partial charge in [0.05, 0.1) is 21.8 Å². The maximum absolute atomic E-state index is 9.31. The topological polar surface area (TPSA) is 48.7 Å². The molecule has 3 rings (SSSR count). The smallest absolute Gasteiger partial charge is 0.149 e. The van der Waals surface area contributed by atoms with E-state index in [1.54, 1.807) is 0 Å². The van der Waals surface area contributed by atoms with Gasteiger partial charge in [-0.2, -0.15) is 5.26 Å². The van der Waals surface area contributed by atoms with Crippen molar-refractivity contribution < 1.29 is 0 Å². The van der Waals surface area contributed by atoms with Crippen molar-refractivity contribution in [1.82, 2.24) is 4.98 Å². The fraction of sp³-hybridized carbons (Fsp3) is 0.0588. The number of aryl methyl sites for hydroxylation is 1. The average Bonchev–Trinajstić information content (AvgIpc) is 2.49. The summed E-state index contributed by atoms with van der Waals surface area (Å²) in [7, 11) is 0. The lowest BCUT2D eigenvalue weighted by molar-refractivity contribution is 1.34. The molecular weight excluding hydrogens is 282 g/mol. The molecule has 3 nitrogen and oxygen atoms in total. The molecule has 4 heteroatoms. The van der Waals surface area contributed by atoms with Gasteiger partial charge in [-0.05, 0) is 36.8 Å². The van der Waals surface area contributed by atoms with Crippen LogP contribution in [-0.4, -0.2) is 4.98 Å². The van der Waals surface area contributed by atoms with Crippen molar-refractivity contribution in [2.75, 3.05) is 5.32 Å². The van der Waals surface area contributed by atoms with Gasteiger partial charge in [-0.3, -0.25) is 0 Å². The van der Waals surface area contributed by atoms with Crippen molar-refractivity contribution in [2.24, 2.45) is 0 Å². The zero-order valence-electron chi connectivity index (χ0n) is 11.4. The van der Waals surface area contributed by atoms with Crippen molar-refractivity contribution in [2.45, 2.75) is 6.92 Å². The second-order valence-corrected chi connectivity index (χ2v) is 5.20. The van der Waals surface area contributed by atoms with Crippen LogP contribution in [0.25, 0.3) is 10.9 Å². The maximum atomic E-state index is 9.31. The lowest BCUT2D eigenvalue weighted by Gasteiger charge is -2.10. The van der Waals surface area contributed by atoms with Gasteiger partial charge in [-0.15, -0.1) is 0 Å². The standard InChI is InChI=1S/C17H12ClN3/c1-11-6-7-16(14(18)8-11)21-17-13(10-19)9-12-4-2-3-5-15(12)20-17/h2-9H,1H3,(H,20,21). The monoisotopic (exact) mass is 293 g/mol. The first-order valence-electron chi connectivity index (χ1n) is 6.50. The molecule has 0 unspecified atom stereocenters. The minimum absolute atomic E-state index is 0.491. The van der Waals surface area contributed by atoms with Crippen LogP contribution in [0, 0.1) is 18.3 Å². The quantitative estimate of drug-likeness (QED) is 0.737. The lowest BCUT2D eigenvalue weighted by Crippen LogP contribution is -1.98. The molecule has 1 N–H and O–H groups in total. The second kappa shape index (κ2) is 5.43. The third-order valence-electron chi connectivity index (χ3n) is 3.22. The normalized spacial score (nSPS) is 10.3. The van der Waals surface area contributed by atoms with Crippen LogP contribution >= 0.6 is 11.6 Å². The van der Waals surface area contributed by atoms with Crippen molar-refractivity contribution in [1.29, 1.82) is 5.26 Å². The number of para-hydroxylation sites is 1. The van der Waals surface area contributed by atoms with Crippen LogP contribution in [0.3, 0.4) is 0 Å². The Balaban J connectivity index is 2.09. The number of hydrogen-bond donors (Lipinski definition) is 1. The Morgan fingerprint density at radius 2 is 1.95 bits per heavy atom. The summed E-state index contributed by atoms with van der Waals surface area (Å²) in [5.41, 5.74) is 3.15. The largest absolute Gasteiger partial charge is 0.338 e. The highest BCUT2D eigenvalue weighted by Gasteiger charge is 2.08. The third-order valence-corrected chi connectivity index (χ3v) is 3.53. The van der Waals surface area contributed by atoms with Crippen LogP contribution in [0.15, 0.2) is 48.5 Å². The van der Waals surface area contributed by atoms with E-state index in [4.69, 9.17) is 11.6 Å². The number of nitriles is 1. The summed E-state index contributed by atoms with van der Waals surface area (Å²) in [6.45, 7) is 1.98. The van der Waals surface area contributed by atoms with Gasteiger partial charge in [0.1, 0.15) is 11.9 Å². The number of pyridine rings is 1. The van der Waals surface area contributed by atoms with Gasteiger partial charge in [-0.1, -0.05) is 35.9 Å². The number of halogens is 1. The van der Waals surface area contributed by atoms with Gasteiger partial charge in [0.25, 0.3) is 0 Å². The number of fused-ring (bicyclic) bond motifs is 1. The molecule has 0 fully saturated rings. The van der Waals surface area contributed by atoms with E-state index in [1.807, 2.05) is 55.5 Å². The number of rotatable bonds is 2. The molecule has 0 amide bonds. The molecular formula is C17H12ClN3. The first-order chi connectivity index (χ1) is 10.2. The number of hydrogen-bond acceptors (Lipinski definition) is 3. The van der Waals surface area contributed by atoms with Crippen LogP contribution in [0.5, 0.6) is 0 Å². The van der Waals surface area contributed by atoms with E-state index < -0.39 is 0 Å². The van der Waals surface area contributed by atoms with Gasteiger partial charge in [0.15, 0.2) is 0 Å². The Morgan fingerprint density at radius 1 is 1.14 bits per heavy atom. The fourth-order valence-electron chi connectivity index (χ4n) is 2.15. The van der Waals surface area contributed by atoms with E-state index in [2.05, 4.69) is 16.4 Å². The molecule has 1 aromatic heterocycles. The Kier molecular flexibility index (Phi) is 3.47. The summed E-state index contributed by atoms with van der Waals surface area (Å²) >= 11 is 6.22. The van der Waals surface area contributed by atoms with Crippen molar-refractivity contribution >= 4 is 34.0 Å². The molecule has 0 saturated carbocycles. The summed E-state index contributed by atoms with van der Waals surface area (Å²) in [6.07, 6.45) is 0. The van der Waals surface area contributed by atoms with Crippen LogP contribution in [0.4, 0.5) is 11.5 Å². The number of aromatic nitrogens is 1. The predicted molar refractivity (Wildman–Crippen MR) is 85.9 cm³/mol. The van der Waals surface area contributed by atoms with E-state index >= 15 is 0 Å². The summed E-state index contributed by atoms with van der Waals surface area (Å²) < 4.78 is 0. The summed E-state index contributed by atoms with van der Waals surface area (Å²) in [4.78, 5) is 4.51. The van der Waals surface area contributed by atoms with E-state index in [9.17, 15) is 5.26 Å². The highest BCUT2D eigenvalue weighted by molar-refractivity contribution is 6.33. The number of nitrogens with one attached hydrogen (secondary N) is 1. The molecule has 2 aromatic carbocycles. The van der Waals surface area contributed by atoms with Gasteiger partial charge in [-0.25, -0.2) is 4.98 Å². The van der Waals surface area contributed by atoms with Crippen LogP contribution in [0.2, 0.25) is 5.02 Å². The molecule has 21 heavy (non-hydrogen) atoms. The molecule has 0 bridgehead atoms. The molecule has 1 heterocycles. The van der Waals surface area contributed by atoms with Crippen LogP contribution in [-0.2, 0) is 0 Å². The van der Waals surface area contributed by atoms with E-state index in [1.165, 1.54) is 0 Å². The predicted octanol–water partition coefficient (Wildman–Crippen LogP) is 4.81. The second-order valence-electron chi connectivity index (χ2n) is 4.80. The van der Waals surface area contributed by atoms with Crippen LogP contribution < -0.4 is 5.32 Å². The molecule has 0 aliphatic heterocycles. The average molecular weight is 294 g/mol. The third kappa shape index (κ3) is 2.67. The van der Waals surface area contributed by atoms with Gasteiger partial charge in [0, 0.05) is 5.39 Å². The molecule has 0 aliphatic rings. The Hall–Kier alpha value is -2.57. The minimum Gasteiger partial charge on any atom is -0.338 e. The first-order valence-corrected chi connectivity index (χ1v) is 6.88. The van der Waals surface area contributed by atoms with Gasteiger partial charge < -0.3 is 5.32 Å². The molecule has 0 spiro atoms. The van der Waals surface area contributed by atoms with Gasteiger partial charge >= 0.3 is 0 Å². The maximum Gasteiger partial charge on any atom is 0.149 e. The molecule has 0 saturated heterocycles.